The van der Waals surface area contributed by atoms with Gasteiger partial charge in [-0.2, -0.15) is 0 Å². The molecule has 0 bridgehead atoms. The Hall–Kier alpha value is -0.730. The first-order valence-corrected chi connectivity index (χ1v) is 14.1. The Morgan fingerprint density at radius 2 is 1.49 bits per heavy atom. The van der Waals surface area contributed by atoms with Crippen molar-refractivity contribution in [2.24, 2.45) is 23.7 Å². The average Bonchev–Trinajstić information content (AvgIpc) is 2.83. The number of hydrogen-bond donors (Lipinski definition) is 5. The van der Waals surface area contributed by atoms with Crippen molar-refractivity contribution in [3.8, 4) is 0 Å². The monoisotopic (exact) mass is 504 g/mol. The lowest BCUT2D eigenvalue weighted by molar-refractivity contribution is -0.153. The second kappa shape index (κ2) is 21.4. The Morgan fingerprint density at radius 3 is 2.00 bits per heavy atom. The lowest BCUT2D eigenvalue weighted by atomic mass is 9.75. The summed E-state index contributed by atoms with van der Waals surface area (Å²) < 4.78 is 4.98. The van der Waals surface area contributed by atoms with E-state index in [1.165, 1.54) is 44.9 Å². The Labute approximate surface area is 214 Å². The molecule has 7 heteroatoms. The molecule has 0 radical (unpaired) electrons. The normalized spacial score (nSPS) is 22.7. The van der Waals surface area contributed by atoms with Crippen molar-refractivity contribution in [2.75, 3.05) is 19.8 Å². The van der Waals surface area contributed by atoms with Crippen LogP contribution in [0.3, 0.4) is 0 Å². The summed E-state index contributed by atoms with van der Waals surface area (Å²) in [7, 11) is 0. The summed E-state index contributed by atoms with van der Waals surface area (Å²) in [6.07, 6.45) is 11.5. The van der Waals surface area contributed by atoms with Crippen LogP contribution in [0.2, 0.25) is 0 Å². The number of aliphatic hydroxyl groups is 5. The fourth-order valence-corrected chi connectivity index (χ4v) is 4.76. The number of esters is 1. The van der Waals surface area contributed by atoms with Gasteiger partial charge in [0.15, 0.2) is 0 Å². The third-order valence-electron chi connectivity index (χ3n) is 7.12. The summed E-state index contributed by atoms with van der Waals surface area (Å²) >= 11 is 0. The fraction of sp³-hybridized carbons (Fsp3) is 0.964. The molecule has 7 nitrogen and oxygen atoms in total. The molecule has 6 unspecified atom stereocenters. The van der Waals surface area contributed by atoms with Gasteiger partial charge in [0.2, 0.25) is 0 Å². The van der Waals surface area contributed by atoms with Crippen LogP contribution in [0, 0.1) is 23.7 Å². The number of carbonyl (C=O) groups excluding carboxylic acids is 1. The minimum atomic E-state index is -1.08. The van der Waals surface area contributed by atoms with E-state index < -0.39 is 30.7 Å². The van der Waals surface area contributed by atoms with Crippen LogP contribution in [0.1, 0.15) is 111 Å². The van der Waals surface area contributed by atoms with Gasteiger partial charge in [-0.05, 0) is 43.4 Å². The van der Waals surface area contributed by atoms with Gasteiger partial charge in [0.25, 0.3) is 0 Å². The van der Waals surface area contributed by atoms with Gasteiger partial charge >= 0.3 is 5.97 Å². The number of rotatable bonds is 17. The molecular weight excluding hydrogens is 448 g/mol. The molecule has 0 amide bonds. The van der Waals surface area contributed by atoms with Crippen molar-refractivity contribution in [2.45, 2.75) is 129 Å². The van der Waals surface area contributed by atoms with Crippen LogP contribution < -0.4 is 0 Å². The van der Waals surface area contributed by atoms with Crippen molar-refractivity contribution in [3.05, 3.63) is 0 Å². The summed E-state index contributed by atoms with van der Waals surface area (Å²) in [5, 5.41) is 46.2. The number of carbonyl (C=O) groups is 1. The van der Waals surface area contributed by atoms with E-state index in [2.05, 4.69) is 27.7 Å². The predicted octanol–water partition coefficient (Wildman–Crippen LogP) is 4.21. The van der Waals surface area contributed by atoms with Gasteiger partial charge in [-0.25, -0.2) is 0 Å². The molecule has 0 spiro atoms. The smallest absolute Gasteiger partial charge is 0.309 e. The van der Waals surface area contributed by atoms with Gasteiger partial charge < -0.3 is 30.3 Å². The molecule has 1 aliphatic rings. The highest BCUT2D eigenvalue weighted by molar-refractivity contribution is 5.72. The number of hydrogen-bond acceptors (Lipinski definition) is 7. The molecule has 1 aliphatic carbocycles. The Bertz CT molecular complexity index is 500. The van der Waals surface area contributed by atoms with E-state index >= 15 is 0 Å². The van der Waals surface area contributed by atoms with Gasteiger partial charge in [-0.15, -0.1) is 0 Å². The highest BCUT2D eigenvalue weighted by Crippen LogP contribution is 2.33. The van der Waals surface area contributed by atoms with E-state index in [-0.39, 0.29) is 25.7 Å². The lowest BCUT2D eigenvalue weighted by Crippen LogP contribution is -2.31. The van der Waals surface area contributed by atoms with E-state index in [1.54, 1.807) is 0 Å². The van der Waals surface area contributed by atoms with Crippen molar-refractivity contribution in [3.63, 3.8) is 0 Å². The van der Waals surface area contributed by atoms with Gasteiger partial charge in [-0.3, -0.25) is 4.79 Å². The Morgan fingerprint density at radius 1 is 0.914 bits per heavy atom. The molecule has 35 heavy (non-hydrogen) atoms. The Kier molecular flexibility index (Phi) is 20.9. The van der Waals surface area contributed by atoms with E-state index in [4.69, 9.17) is 14.9 Å². The first-order valence-electron chi connectivity index (χ1n) is 14.1. The maximum atomic E-state index is 12.0. The summed E-state index contributed by atoms with van der Waals surface area (Å²) in [6, 6.07) is 0. The maximum absolute atomic E-state index is 12.0. The van der Waals surface area contributed by atoms with Gasteiger partial charge in [0, 0.05) is 0 Å². The third kappa shape index (κ3) is 17.4. The van der Waals surface area contributed by atoms with Crippen molar-refractivity contribution >= 4 is 5.97 Å². The minimum absolute atomic E-state index is 0.0289. The molecule has 210 valence electrons. The molecule has 0 saturated heterocycles. The molecule has 6 atom stereocenters. The summed E-state index contributed by atoms with van der Waals surface area (Å²) in [5.74, 6) is 0.972. The molecule has 1 fully saturated rings. The lowest BCUT2D eigenvalue weighted by Gasteiger charge is -2.33. The summed E-state index contributed by atoms with van der Waals surface area (Å²) in [5.41, 5.74) is 0. The molecule has 1 saturated carbocycles. The number of unbranched alkanes of at least 4 members (excludes halogenated alkanes) is 7. The zero-order valence-electron chi connectivity index (χ0n) is 22.9. The maximum Gasteiger partial charge on any atom is 0.309 e. The highest BCUT2D eigenvalue weighted by Gasteiger charge is 2.28. The van der Waals surface area contributed by atoms with Crippen LogP contribution in [-0.2, 0) is 9.53 Å². The molecule has 0 heterocycles. The highest BCUT2D eigenvalue weighted by atomic mass is 16.5. The van der Waals surface area contributed by atoms with Crippen LogP contribution in [-0.4, -0.2) is 69.6 Å². The van der Waals surface area contributed by atoms with E-state index in [0.29, 0.717) is 18.3 Å². The molecule has 5 N–H and O–H groups in total. The third-order valence-corrected chi connectivity index (χ3v) is 7.12. The van der Waals surface area contributed by atoms with Gasteiger partial charge in [0.05, 0.1) is 31.3 Å². The zero-order chi connectivity index (χ0) is 26.6. The van der Waals surface area contributed by atoms with E-state index in [1.807, 2.05) is 0 Å². The minimum Gasteiger partial charge on any atom is -0.463 e. The van der Waals surface area contributed by atoms with Crippen LogP contribution in [0.25, 0.3) is 0 Å². The molecule has 0 aliphatic heterocycles. The Balaban J connectivity index is 0.000000867. The quantitative estimate of drug-likeness (QED) is 0.148. The predicted molar refractivity (Wildman–Crippen MR) is 140 cm³/mol. The van der Waals surface area contributed by atoms with Gasteiger partial charge in [0.1, 0.15) is 12.7 Å². The van der Waals surface area contributed by atoms with Crippen LogP contribution in [0.4, 0.5) is 0 Å². The summed E-state index contributed by atoms with van der Waals surface area (Å²) in [6.45, 7) is 7.75. The van der Waals surface area contributed by atoms with Crippen molar-refractivity contribution in [1.82, 2.24) is 0 Å². The van der Waals surface area contributed by atoms with Crippen LogP contribution in [0.5, 0.6) is 0 Å². The number of ether oxygens (including phenoxy) is 1. The average molecular weight is 505 g/mol. The number of aliphatic hydroxyl groups excluding tert-OH is 5. The second-order valence-electron chi connectivity index (χ2n) is 10.9. The zero-order valence-corrected chi connectivity index (χ0v) is 22.9. The molecule has 0 aromatic heterocycles. The van der Waals surface area contributed by atoms with Crippen molar-refractivity contribution in [1.29, 1.82) is 0 Å². The van der Waals surface area contributed by atoms with Crippen LogP contribution >= 0.6 is 0 Å². The van der Waals surface area contributed by atoms with E-state index in [0.717, 1.165) is 31.6 Å². The van der Waals surface area contributed by atoms with Crippen LogP contribution in [0.15, 0.2) is 0 Å². The standard InChI is InChI=1S/C18H36O6.C10H20O/c1-2-3-4-5-6-7-8-9-10-15(11-16(21)12-19)18(23)24-14-17(22)13-20;1-7(2)9-5-4-8(3)6-10(9)11/h15-17,19-22H,2-14H2,1H3;7-11H,4-6H2,1-3H3. The van der Waals surface area contributed by atoms with Gasteiger partial charge in [-0.1, -0.05) is 85.5 Å². The van der Waals surface area contributed by atoms with Crippen molar-refractivity contribution < 1.29 is 35.1 Å². The van der Waals surface area contributed by atoms with E-state index in [9.17, 15) is 20.1 Å². The fourth-order valence-electron chi connectivity index (χ4n) is 4.76. The first-order chi connectivity index (χ1) is 16.7. The molecule has 1 rings (SSSR count). The summed E-state index contributed by atoms with van der Waals surface area (Å²) in [4.78, 5) is 12.0. The molecular formula is C28H56O7. The first kappa shape index (κ1) is 34.3. The second-order valence-corrected chi connectivity index (χ2v) is 10.9. The largest absolute Gasteiger partial charge is 0.463 e. The molecule has 0 aromatic rings. The SMILES string of the molecule is CC1CCC(C(C)C)C(O)C1.CCCCCCCCCCC(CC(O)CO)C(=O)OCC(O)CO. The topological polar surface area (TPSA) is 127 Å². The molecule has 0 aromatic carbocycles.